The summed E-state index contributed by atoms with van der Waals surface area (Å²) in [5.41, 5.74) is 0.346. The van der Waals surface area contributed by atoms with Gasteiger partial charge in [0.2, 0.25) is 0 Å². The zero-order valence-electron chi connectivity index (χ0n) is 12.5. The molecule has 21 heavy (non-hydrogen) atoms. The van der Waals surface area contributed by atoms with Crippen LogP contribution in [0.1, 0.15) is 49.4 Å². The summed E-state index contributed by atoms with van der Waals surface area (Å²) in [6.45, 7) is 2.16. The number of rotatable bonds is 9. The van der Waals surface area contributed by atoms with Crippen molar-refractivity contribution < 1.29 is 23.5 Å². The molecule has 0 heterocycles. The van der Waals surface area contributed by atoms with Gasteiger partial charge in [0.25, 0.3) is 0 Å². The lowest BCUT2D eigenvalue weighted by Gasteiger charge is -2.05. The topological polar surface area (TPSA) is 52.6 Å². The van der Waals surface area contributed by atoms with Gasteiger partial charge < -0.3 is 9.47 Å². The van der Waals surface area contributed by atoms with Gasteiger partial charge in [-0.05, 0) is 38.0 Å². The number of ketones is 1. The highest BCUT2D eigenvalue weighted by atomic mass is 19.1. The van der Waals surface area contributed by atoms with Gasteiger partial charge in [0.1, 0.15) is 0 Å². The van der Waals surface area contributed by atoms with E-state index in [4.69, 9.17) is 9.47 Å². The Morgan fingerprint density at radius 3 is 2.48 bits per heavy atom. The van der Waals surface area contributed by atoms with Crippen LogP contribution in [0, 0.1) is 5.82 Å². The van der Waals surface area contributed by atoms with Gasteiger partial charge in [-0.15, -0.1) is 0 Å². The second-order valence-electron chi connectivity index (χ2n) is 4.64. The number of benzene rings is 1. The van der Waals surface area contributed by atoms with Crippen LogP contribution in [0.2, 0.25) is 0 Å². The average molecular weight is 296 g/mol. The van der Waals surface area contributed by atoms with Crippen LogP contribution < -0.4 is 4.74 Å². The normalized spacial score (nSPS) is 10.2. The number of carbonyl (C=O) groups excluding carboxylic acids is 2. The van der Waals surface area contributed by atoms with Gasteiger partial charge >= 0.3 is 5.97 Å². The molecule has 0 aliphatic rings. The number of ether oxygens (including phenoxy) is 2. The minimum absolute atomic E-state index is 0.104. The summed E-state index contributed by atoms with van der Waals surface area (Å²) in [5, 5.41) is 0. The second kappa shape index (κ2) is 9.10. The summed E-state index contributed by atoms with van der Waals surface area (Å²) >= 11 is 0. The summed E-state index contributed by atoms with van der Waals surface area (Å²) in [6.07, 6.45) is 2.85. The molecule has 0 radical (unpaired) electrons. The first-order valence-corrected chi connectivity index (χ1v) is 7.10. The van der Waals surface area contributed by atoms with Crippen LogP contribution in [0.3, 0.4) is 0 Å². The predicted molar refractivity (Wildman–Crippen MR) is 77.0 cm³/mol. The molecule has 0 saturated heterocycles. The van der Waals surface area contributed by atoms with Crippen molar-refractivity contribution >= 4 is 11.8 Å². The number of halogens is 1. The van der Waals surface area contributed by atoms with Gasteiger partial charge in [-0.3, -0.25) is 9.59 Å². The first-order chi connectivity index (χ1) is 10.1. The maximum Gasteiger partial charge on any atom is 0.305 e. The highest BCUT2D eigenvalue weighted by molar-refractivity contribution is 5.96. The summed E-state index contributed by atoms with van der Waals surface area (Å²) in [4.78, 5) is 23.0. The fraction of sp³-hybridized carbons (Fsp3) is 0.500. The molecule has 0 N–H and O–H groups in total. The Hall–Kier alpha value is -1.91. The summed E-state index contributed by atoms with van der Waals surface area (Å²) in [6, 6.07) is 4.20. The number of esters is 1. The van der Waals surface area contributed by atoms with Crippen LogP contribution >= 0.6 is 0 Å². The Kier molecular flexibility index (Phi) is 7.43. The third-order valence-electron chi connectivity index (χ3n) is 3.06. The van der Waals surface area contributed by atoms with Gasteiger partial charge in [-0.25, -0.2) is 4.39 Å². The van der Waals surface area contributed by atoms with E-state index in [2.05, 4.69) is 0 Å². The lowest BCUT2D eigenvalue weighted by molar-refractivity contribution is -0.143. The summed E-state index contributed by atoms with van der Waals surface area (Å²) in [5.74, 6) is -0.722. The molecule has 0 aromatic heterocycles. The van der Waals surface area contributed by atoms with E-state index in [1.807, 2.05) is 0 Å². The largest absolute Gasteiger partial charge is 0.494 e. The van der Waals surface area contributed by atoms with E-state index in [-0.39, 0.29) is 17.5 Å². The first-order valence-electron chi connectivity index (χ1n) is 7.10. The van der Waals surface area contributed by atoms with E-state index in [0.717, 1.165) is 6.42 Å². The van der Waals surface area contributed by atoms with E-state index in [1.54, 1.807) is 13.0 Å². The number of carbonyl (C=O) groups is 2. The fourth-order valence-electron chi connectivity index (χ4n) is 1.95. The molecule has 5 heteroatoms. The lowest BCUT2D eigenvalue weighted by Crippen LogP contribution is -2.04. The van der Waals surface area contributed by atoms with Crippen LogP contribution in [0.5, 0.6) is 5.75 Å². The minimum Gasteiger partial charge on any atom is -0.494 e. The van der Waals surface area contributed by atoms with Gasteiger partial charge in [0, 0.05) is 18.4 Å². The van der Waals surface area contributed by atoms with E-state index in [9.17, 15) is 14.0 Å². The van der Waals surface area contributed by atoms with Crippen molar-refractivity contribution in [2.24, 2.45) is 0 Å². The number of hydrogen-bond donors (Lipinski definition) is 0. The van der Waals surface area contributed by atoms with Crippen LogP contribution in [-0.2, 0) is 9.53 Å². The molecule has 0 aliphatic carbocycles. The molecular weight excluding hydrogens is 275 g/mol. The van der Waals surface area contributed by atoms with Crippen LogP contribution in [-0.4, -0.2) is 25.5 Å². The second-order valence-corrected chi connectivity index (χ2v) is 4.64. The maximum absolute atomic E-state index is 13.5. The molecule has 0 atom stereocenters. The highest BCUT2D eigenvalue weighted by Gasteiger charge is 2.10. The molecule has 0 saturated carbocycles. The number of methoxy groups -OCH3 is 1. The van der Waals surface area contributed by atoms with Crippen molar-refractivity contribution in [2.75, 3.05) is 13.7 Å². The molecule has 0 fully saturated rings. The monoisotopic (exact) mass is 296 g/mol. The smallest absolute Gasteiger partial charge is 0.305 e. The third-order valence-corrected chi connectivity index (χ3v) is 3.06. The van der Waals surface area contributed by atoms with E-state index < -0.39 is 5.82 Å². The van der Waals surface area contributed by atoms with Crippen molar-refractivity contribution in [3.05, 3.63) is 29.6 Å². The number of hydrogen-bond acceptors (Lipinski definition) is 4. The highest BCUT2D eigenvalue weighted by Crippen LogP contribution is 2.19. The number of unbranched alkanes of at least 4 members (excludes halogenated alkanes) is 2. The van der Waals surface area contributed by atoms with E-state index >= 15 is 0 Å². The average Bonchev–Trinajstić information content (AvgIpc) is 2.46. The van der Waals surface area contributed by atoms with Gasteiger partial charge in [-0.2, -0.15) is 0 Å². The van der Waals surface area contributed by atoms with Crippen molar-refractivity contribution in [3.63, 3.8) is 0 Å². The fourth-order valence-corrected chi connectivity index (χ4v) is 1.95. The quantitative estimate of drug-likeness (QED) is 0.397. The molecular formula is C16H21FO4. The van der Waals surface area contributed by atoms with Crippen LogP contribution in [0.25, 0.3) is 0 Å². The van der Waals surface area contributed by atoms with E-state index in [0.29, 0.717) is 37.9 Å². The minimum atomic E-state index is -0.536. The third kappa shape index (κ3) is 5.94. The Labute approximate surface area is 124 Å². The zero-order chi connectivity index (χ0) is 15.7. The molecule has 116 valence electrons. The SMILES string of the molecule is CCOC(=O)CCCCCC(=O)c1ccc(OC)c(F)c1. The van der Waals surface area contributed by atoms with Crippen LogP contribution in [0.4, 0.5) is 4.39 Å². The molecule has 0 amide bonds. The molecule has 0 spiro atoms. The van der Waals surface area contributed by atoms with E-state index in [1.165, 1.54) is 19.2 Å². The number of Topliss-reactive ketones (excluding diaryl/α,β-unsaturated/α-hetero) is 1. The molecule has 1 aromatic rings. The Morgan fingerprint density at radius 2 is 1.86 bits per heavy atom. The molecule has 1 rings (SSSR count). The van der Waals surface area contributed by atoms with Crippen LogP contribution in [0.15, 0.2) is 18.2 Å². The summed E-state index contributed by atoms with van der Waals surface area (Å²) in [7, 11) is 1.38. The molecule has 4 nitrogen and oxygen atoms in total. The van der Waals surface area contributed by atoms with Crippen molar-refractivity contribution in [3.8, 4) is 5.75 Å². The first kappa shape index (κ1) is 17.1. The summed E-state index contributed by atoms with van der Waals surface area (Å²) < 4.78 is 23.1. The zero-order valence-corrected chi connectivity index (χ0v) is 12.5. The van der Waals surface area contributed by atoms with Gasteiger partial charge in [-0.1, -0.05) is 6.42 Å². The molecule has 0 bridgehead atoms. The maximum atomic E-state index is 13.5. The van der Waals surface area contributed by atoms with Crippen molar-refractivity contribution in [1.29, 1.82) is 0 Å². The Morgan fingerprint density at radius 1 is 1.14 bits per heavy atom. The lowest BCUT2D eigenvalue weighted by atomic mass is 10.0. The van der Waals surface area contributed by atoms with Crippen molar-refractivity contribution in [1.82, 2.24) is 0 Å². The Balaban J connectivity index is 2.31. The van der Waals surface area contributed by atoms with Gasteiger partial charge in [0.05, 0.1) is 13.7 Å². The Bertz CT molecular complexity index is 485. The molecule has 0 unspecified atom stereocenters. The van der Waals surface area contributed by atoms with Gasteiger partial charge in [0.15, 0.2) is 17.3 Å². The standard InChI is InChI=1S/C16H21FO4/c1-3-21-16(19)8-6-4-5-7-14(18)12-9-10-15(20-2)13(17)11-12/h9-11H,3-8H2,1-2H3. The molecule has 1 aromatic carbocycles. The molecule has 0 aliphatic heterocycles. The predicted octanol–water partition coefficient (Wildman–Crippen LogP) is 3.53. The van der Waals surface area contributed by atoms with Crippen molar-refractivity contribution in [2.45, 2.75) is 39.0 Å².